The van der Waals surface area contributed by atoms with Crippen LogP contribution < -0.4 is 0 Å². The summed E-state index contributed by atoms with van der Waals surface area (Å²) in [4.78, 5) is 0. The molecule has 0 amide bonds. The Balaban J connectivity index is 2.65. The molecule has 3 rings (SSSR count). The summed E-state index contributed by atoms with van der Waals surface area (Å²) in [6.07, 6.45) is 1.80. The average Bonchev–Trinajstić information content (AvgIpc) is 2.65. The fourth-order valence-electron chi connectivity index (χ4n) is 1.48. The van der Waals surface area contributed by atoms with E-state index in [2.05, 4.69) is 33.8 Å². The number of hydrogen-bond acceptors (Lipinski definition) is 3. The molecule has 0 saturated heterocycles. The molecule has 3 aromatic rings. The lowest BCUT2D eigenvalue weighted by atomic mass is 10.2. The van der Waals surface area contributed by atoms with Crippen molar-refractivity contribution in [2.45, 2.75) is 0 Å². The van der Waals surface area contributed by atoms with Gasteiger partial charge in [0.15, 0.2) is 0 Å². The van der Waals surface area contributed by atoms with Gasteiger partial charge in [0.1, 0.15) is 5.52 Å². The van der Waals surface area contributed by atoms with Crippen molar-refractivity contribution >= 4 is 32.3 Å². The summed E-state index contributed by atoms with van der Waals surface area (Å²) in [7, 11) is 0. The molecule has 0 bridgehead atoms. The molecule has 13 heavy (non-hydrogen) atoms. The molecule has 0 radical (unpaired) electrons. The van der Waals surface area contributed by atoms with E-state index < -0.39 is 0 Å². The molecule has 0 atom stereocenters. The first-order valence-electron chi connectivity index (χ1n) is 4.03. The fraction of sp³-hybridized carbons (Fsp3) is 0. The zero-order valence-corrected chi connectivity index (χ0v) is 7.58. The molecule has 0 aliphatic rings. The number of rotatable bonds is 0. The molecule has 0 aliphatic carbocycles. The van der Waals surface area contributed by atoms with Crippen molar-refractivity contribution in [1.29, 1.82) is 0 Å². The number of aromatic nitrogens is 2. The Morgan fingerprint density at radius 1 is 1.15 bits per heavy atom. The van der Waals surface area contributed by atoms with E-state index in [1.807, 2.05) is 6.07 Å². The van der Waals surface area contributed by atoms with Gasteiger partial charge in [0.25, 0.3) is 0 Å². The highest BCUT2D eigenvalue weighted by molar-refractivity contribution is 7.16. The van der Waals surface area contributed by atoms with Gasteiger partial charge in [0.2, 0.25) is 0 Å². The van der Waals surface area contributed by atoms with Crippen LogP contribution in [0.1, 0.15) is 0 Å². The summed E-state index contributed by atoms with van der Waals surface area (Å²) in [5, 5.41) is 12.4. The molecule has 62 valence electrons. The van der Waals surface area contributed by atoms with Gasteiger partial charge in [-0.25, -0.2) is 0 Å². The standard InChI is InChI=1S/C10H6N2S/c1-2-8-9(13-5-1)4-3-7-6-11-12-10(7)8/h1-6H. The first-order chi connectivity index (χ1) is 6.45. The van der Waals surface area contributed by atoms with Crippen LogP contribution >= 0.6 is 11.3 Å². The van der Waals surface area contributed by atoms with Gasteiger partial charge in [-0.2, -0.15) is 5.10 Å². The fourth-order valence-corrected chi connectivity index (χ4v) is 2.22. The molecule has 0 fully saturated rings. The molecule has 0 unspecified atom stereocenters. The Morgan fingerprint density at radius 2 is 2.15 bits per heavy atom. The van der Waals surface area contributed by atoms with E-state index in [1.54, 1.807) is 17.5 Å². The van der Waals surface area contributed by atoms with E-state index in [4.69, 9.17) is 0 Å². The lowest BCUT2D eigenvalue weighted by Gasteiger charge is -1.95. The van der Waals surface area contributed by atoms with Crippen LogP contribution in [0, 0.1) is 0 Å². The minimum atomic E-state index is 1.01. The third kappa shape index (κ3) is 0.939. The van der Waals surface area contributed by atoms with Crippen molar-refractivity contribution in [3.05, 3.63) is 35.8 Å². The molecule has 0 N–H and O–H groups in total. The lowest BCUT2D eigenvalue weighted by molar-refractivity contribution is 1.12. The van der Waals surface area contributed by atoms with Crippen LogP contribution in [-0.4, -0.2) is 10.2 Å². The molecular formula is C10H6N2S. The summed E-state index contributed by atoms with van der Waals surface area (Å²) >= 11 is 1.73. The quantitative estimate of drug-likeness (QED) is 0.539. The van der Waals surface area contributed by atoms with Crippen molar-refractivity contribution in [2.75, 3.05) is 0 Å². The molecule has 3 heteroatoms. The van der Waals surface area contributed by atoms with E-state index in [9.17, 15) is 0 Å². The lowest BCUT2D eigenvalue weighted by Crippen LogP contribution is -1.72. The smallest absolute Gasteiger partial charge is 0.103 e. The number of hydrogen-bond donors (Lipinski definition) is 0. The maximum Gasteiger partial charge on any atom is 0.103 e. The molecule has 1 aromatic carbocycles. The van der Waals surface area contributed by atoms with Crippen molar-refractivity contribution in [2.24, 2.45) is 0 Å². The Morgan fingerprint density at radius 3 is 3.15 bits per heavy atom. The first-order valence-corrected chi connectivity index (χ1v) is 4.91. The summed E-state index contributed by atoms with van der Waals surface area (Å²) in [6, 6.07) is 8.31. The van der Waals surface area contributed by atoms with Crippen LogP contribution in [0.25, 0.3) is 21.0 Å². The molecule has 2 aromatic heterocycles. The second-order valence-electron chi connectivity index (χ2n) is 2.87. The van der Waals surface area contributed by atoms with Crippen LogP contribution in [0.4, 0.5) is 0 Å². The third-order valence-corrected chi connectivity index (χ3v) is 3.00. The van der Waals surface area contributed by atoms with Gasteiger partial charge in [-0.15, -0.1) is 16.4 Å². The Kier molecular flexibility index (Phi) is 1.34. The Labute approximate surface area is 78.8 Å². The average molecular weight is 186 g/mol. The van der Waals surface area contributed by atoms with Gasteiger partial charge in [-0.05, 0) is 17.5 Å². The van der Waals surface area contributed by atoms with E-state index in [1.165, 1.54) is 10.1 Å². The van der Waals surface area contributed by atoms with E-state index in [0.29, 0.717) is 0 Å². The predicted octanol–water partition coefficient (Wildman–Crippen LogP) is 2.84. The number of nitrogens with zero attached hydrogens (tertiary/aromatic N) is 2. The summed E-state index contributed by atoms with van der Waals surface area (Å²) in [5.74, 6) is 0. The monoisotopic (exact) mass is 186 g/mol. The highest BCUT2D eigenvalue weighted by Crippen LogP contribution is 2.25. The number of fused-ring (bicyclic) bond motifs is 3. The van der Waals surface area contributed by atoms with Gasteiger partial charge in [-0.3, -0.25) is 0 Å². The molecule has 0 spiro atoms. The molecule has 0 saturated carbocycles. The van der Waals surface area contributed by atoms with Gasteiger partial charge in [0.05, 0.1) is 6.20 Å². The van der Waals surface area contributed by atoms with Crippen LogP contribution in [0.5, 0.6) is 0 Å². The molecule has 2 heterocycles. The normalized spacial score (nSPS) is 11.1. The van der Waals surface area contributed by atoms with Gasteiger partial charge >= 0.3 is 0 Å². The second-order valence-corrected chi connectivity index (χ2v) is 3.82. The maximum atomic E-state index is 4.10. The van der Waals surface area contributed by atoms with E-state index >= 15 is 0 Å². The number of benzene rings is 1. The van der Waals surface area contributed by atoms with Crippen LogP contribution in [-0.2, 0) is 0 Å². The van der Waals surface area contributed by atoms with Gasteiger partial charge in [-0.1, -0.05) is 12.1 Å². The van der Waals surface area contributed by atoms with Crippen molar-refractivity contribution < 1.29 is 0 Å². The van der Waals surface area contributed by atoms with Crippen LogP contribution in [0.15, 0.2) is 35.8 Å². The molecular weight excluding hydrogens is 180 g/mol. The zero-order valence-electron chi connectivity index (χ0n) is 6.77. The van der Waals surface area contributed by atoms with Gasteiger partial charge < -0.3 is 0 Å². The predicted molar refractivity (Wildman–Crippen MR) is 54.9 cm³/mol. The third-order valence-electron chi connectivity index (χ3n) is 2.10. The topological polar surface area (TPSA) is 25.8 Å². The molecule has 2 nitrogen and oxygen atoms in total. The Hall–Kier alpha value is -1.48. The summed E-state index contributed by atoms with van der Waals surface area (Å²) in [6.45, 7) is 0. The zero-order chi connectivity index (χ0) is 8.67. The van der Waals surface area contributed by atoms with E-state index in [0.717, 1.165) is 10.9 Å². The van der Waals surface area contributed by atoms with E-state index in [-0.39, 0.29) is 0 Å². The first kappa shape index (κ1) is 6.97. The van der Waals surface area contributed by atoms with Crippen LogP contribution in [0.2, 0.25) is 0 Å². The largest absolute Gasteiger partial charge is 0.158 e. The maximum absolute atomic E-state index is 4.10. The Bertz CT molecular complexity index is 571. The van der Waals surface area contributed by atoms with Crippen molar-refractivity contribution in [3.63, 3.8) is 0 Å². The minimum absolute atomic E-state index is 1.01. The summed E-state index contributed by atoms with van der Waals surface area (Å²) < 4.78 is 1.26. The second kappa shape index (κ2) is 2.50. The van der Waals surface area contributed by atoms with Crippen LogP contribution in [0.3, 0.4) is 0 Å². The van der Waals surface area contributed by atoms with Crippen molar-refractivity contribution in [1.82, 2.24) is 10.2 Å². The summed E-state index contributed by atoms with van der Waals surface area (Å²) in [5.41, 5.74) is 1.01. The minimum Gasteiger partial charge on any atom is -0.158 e. The van der Waals surface area contributed by atoms with Crippen molar-refractivity contribution in [3.8, 4) is 0 Å². The highest BCUT2D eigenvalue weighted by atomic mass is 32.1. The molecule has 0 aliphatic heterocycles. The highest BCUT2D eigenvalue weighted by Gasteiger charge is 2.01. The SMILES string of the molecule is c1csc2ccc3cnnc3c2c1. The van der Waals surface area contributed by atoms with Gasteiger partial charge in [0, 0.05) is 15.5 Å².